The average Bonchev–Trinajstić information content (AvgIpc) is 2.61. The highest BCUT2D eigenvalue weighted by Gasteiger charge is 2.31. The number of aryl methyl sites for hydroxylation is 1. The predicted molar refractivity (Wildman–Crippen MR) is 96.3 cm³/mol. The summed E-state index contributed by atoms with van der Waals surface area (Å²) in [6, 6.07) is 16.8. The zero-order valence-electron chi connectivity index (χ0n) is 12.9. The molecule has 0 saturated carbocycles. The molecule has 116 valence electrons. The molecule has 2 aliphatic rings. The quantitative estimate of drug-likeness (QED) is 0.828. The van der Waals surface area contributed by atoms with Gasteiger partial charge in [0.2, 0.25) is 0 Å². The number of para-hydroxylation sites is 1. The zero-order valence-corrected chi connectivity index (χ0v) is 13.7. The third-order valence-electron chi connectivity index (χ3n) is 4.58. The molecular formula is C19H18N2OS. The minimum Gasteiger partial charge on any atom is -0.496 e. The number of fused-ring (bicyclic) bond motifs is 2. The van der Waals surface area contributed by atoms with Crippen LogP contribution in [0.5, 0.6) is 5.75 Å². The molecule has 4 rings (SSSR count). The number of hydrogen-bond donors (Lipinski definition) is 2. The summed E-state index contributed by atoms with van der Waals surface area (Å²) in [4.78, 5) is 0. The van der Waals surface area contributed by atoms with Gasteiger partial charge in [0, 0.05) is 16.8 Å². The van der Waals surface area contributed by atoms with Crippen LogP contribution in [-0.2, 0) is 6.42 Å². The molecule has 0 spiro atoms. The van der Waals surface area contributed by atoms with Gasteiger partial charge in [0.1, 0.15) is 5.75 Å². The lowest BCUT2D eigenvalue weighted by Gasteiger charge is -2.36. The third-order valence-corrected chi connectivity index (χ3v) is 4.80. The Balaban J connectivity index is 1.87. The highest BCUT2D eigenvalue weighted by molar-refractivity contribution is 7.80. The Labute approximate surface area is 141 Å². The molecule has 1 aliphatic heterocycles. The van der Waals surface area contributed by atoms with Crippen molar-refractivity contribution < 1.29 is 4.74 Å². The Hall–Kier alpha value is -2.33. The van der Waals surface area contributed by atoms with Crippen molar-refractivity contribution in [1.29, 1.82) is 0 Å². The van der Waals surface area contributed by atoms with Crippen molar-refractivity contribution in [1.82, 2.24) is 10.6 Å². The normalized spacial score (nSPS) is 19.3. The number of methoxy groups -OCH3 is 1. The van der Waals surface area contributed by atoms with Crippen molar-refractivity contribution in [3.63, 3.8) is 0 Å². The molecule has 23 heavy (non-hydrogen) atoms. The molecule has 0 fully saturated rings. The average molecular weight is 322 g/mol. The van der Waals surface area contributed by atoms with E-state index in [1.165, 1.54) is 16.7 Å². The van der Waals surface area contributed by atoms with E-state index >= 15 is 0 Å². The van der Waals surface area contributed by atoms with E-state index in [1.807, 2.05) is 18.2 Å². The van der Waals surface area contributed by atoms with Crippen LogP contribution in [0.4, 0.5) is 0 Å². The lowest BCUT2D eigenvalue weighted by atomic mass is 9.82. The van der Waals surface area contributed by atoms with Crippen molar-refractivity contribution in [2.45, 2.75) is 18.9 Å². The molecule has 2 aromatic rings. The number of ether oxygens (including phenoxy) is 1. The molecule has 2 aromatic carbocycles. The zero-order chi connectivity index (χ0) is 15.8. The Morgan fingerprint density at radius 3 is 2.70 bits per heavy atom. The van der Waals surface area contributed by atoms with Gasteiger partial charge in [-0.05, 0) is 42.3 Å². The van der Waals surface area contributed by atoms with E-state index in [-0.39, 0.29) is 6.04 Å². The van der Waals surface area contributed by atoms with E-state index in [9.17, 15) is 0 Å². The van der Waals surface area contributed by atoms with E-state index < -0.39 is 0 Å². The van der Waals surface area contributed by atoms with E-state index in [4.69, 9.17) is 17.0 Å². The standard InChI is InChI=1S/C19H18N2OS/c1-22-16-9-5-4-8-14(16)18-15-11-10-12-6-2-3-7-13(12)17(15)20-19(23)21-18/h2-9,18H,10-11H2,1H3,(H2,20,21,23)/t18-/m1/s1. The van der Waals surface area contributed by atoms with Crippen molar-refractivity contribution in [2.24, 2.45) is 0 Å². The molecule has 0 amide bonds. The first-order valence-electron chi connectivity index (χ1n) is 7.79. The van der Waals surface area contributed by atoms with Crippen LogP contribution in [0.25, 0.3) is 5.70 Å². The lowest BCUT2D eigenvalue weighted by molar-refractivity contribution is 0.405. The van der Waals surface area contributed by atoms with Crippen LogP contribution in [0.3, 0.4) is 0 Å². The van der Waals surface area contributed by atoms with Gasteiger partial charge in [-0.2, -0.15) is 0 Å². The minimum absolute atomic E-state index is 0.0586. The second-order valence-electron chi connectivity index (χ2n) is 5.83. The van der Waals surface area contributed by atoms with Crippen LogP contribution in [0, 0.1) is 0 Å². The maximum atomic E-state index is 5.56. The van der Waals surface area contributed by atoms with Gasteiger partial charge in [-0.1, -0.05) is 42.5 Å². The Bertz CT molecular complexity index is 813. The molecule has 1 atom stereocenters. The molecule has 2 N–H and O–H groups in total. The van der Waals surface area contributed by atoms with Gasteiger partial charge in [0.15, 0.2) is 5.11 Å². The molecule has 0 saturated heterocycles. The van der Waals surface area contributed by atoms with Crippen molar-refractivity contribution in [3.05, 3.63) is 70.8 Å². The molecular weight excluding hydrogens is 304 g/mol. The highest BCUT2D eigenvalue weighted by Crippen LogP contribution is 2.40. The molecule has 4 heteroatoms. The largest absolute Gasteiger partial charge is 0.496 e. The Kier molecular flexibility index (Phi) is 3.54. The summed E-state index contributed by atoms with van der Waals surface area (Å²) in [7, 11) is 1.71. The van der Waals surface area contributed by atoms with Crippen molar-refractivity contribution >= 4 is 23.0 Å². The molecule has 0 unspecified atom stereocenters. The summed E-state index contributed by atoms with van der Waals surface area (Å²) in [5.74, 6) is 0.889. The molecule has 0 radical (unpaired) electrons. The van der Waals surface area contributed by atoms with Gasteiger partial charge >= 0.3 is 0 Å². The first-order chi connectivity index (χ1) is 11.3. The Morgan fingerprint density at radius 2 is 1.83 bits per heavy atom. The summed E-state index contributed by atoms with van der Waals surface area (Å²) >= 11 is 5.46. The number of hydrogen-bond acceptors (Lipinski definition) is 2. The van der Waals surface area contributed by atoms with Crippen LogP contribution in [0.15, 0.2) is 54.1 Å². The summed E-state index contributed by atoms with van der Waals surface area (Å²) in [5.41, 5.74) is 6.28. The number of thiocarbonyl (C=S) groups is 1. The number of nitrogens with one attached hydrogen (secondary N) is 2. The first kappa shape index (κ1) is 14.3. The first-order valence-corrected chi connectivity index (χ1v) is 8.20. The fourth-order valence-corrected chi connectivity index (χ4v) is 3.74. The summed E-state index contributed by atoms with van der Waals surface area (Å²) in [6.07, 6.45) is 2.06. The van der Waals surface area contributed by atoms with E-state index in [0.717, 1.165) is 29.9 Å². The van der Waals surface area contributed by atoms with Crippen molar-refractivity contribution in [3.8, 4) is 5.75 Å². The topological polar surface area (TPSA) is 33.3 Å². The second kappa shape index (κ2) is 5.70. The predicted octanol–water partition coefficient (Wildman–Crippen LogP) is 3.57. The van der Waals surface area contributed by atoms with Crippen LogP contribution in [0.1, 0.15) is 29.2 Å². The van der Waals surface area contributed by atoms with Gasteiger partial charge in [-0.15, -0.1) is 0 Å². The smallest absolute Gasteiger partial charge is 0.171 e. The van der Waals surface area contributed by atoms with Crippen LogP contribution >= 0.6 is 12.2 Å². The molecule has 0 bridgehead atoms. The summed E-state index contributed by atoms with van der Waals surface area (Å²) in [6.45, 7) is 0. The third kappa shape index (κ3) is 2.39. The maximum absolute atomic E-state index is 5.56. The van der Waals surface area contributed by atoms with Gasteiger partial charge in [-0.25, -0.2) is 0 Å². The summed E-state index contributed by atoms with van der Waals surface area (Å²) < 4.78 is 5.56. The van der Waals surface area contributed by atoms with E-state index in [1.54, 1.807) is 7.11 Å². The highest BCUT2D eigenvalue weighted by atomic mass is 32.1. The number of benzene rings is 2. The fourth-order valence-electron chi connectivity index (χ4n) is 3.52. The van der Waals surface area contributed by atoms with Crippen LogP contribution in [-0.4, -0.2) is 12.2 Å². The van der Waals surface area contributed by atoms with E-state index in [0.29, 0.717) is 5.11 Å². The molecule has 3 nitrogen and oxygen atoms in total. The van der Waals surface area contributed by atoms with Crippen LogP contribution in [0.2, 0.25) is 0 Å². The van der Waals surface area contributed by atoms with Gasteiger partial charge in [0.25, 0.3) is 0 Å². The van der Waals surface area contributed by atoms with Crippen LogP contribution < -0.4 is 15.4 Å². The number of rotatable bonds is 2. The molecule has 0 aromatic heterocycles. The molecule has 1 heterocycles. The summed E-state index contributed by atoms with van der Waals surface area (Å²) in [5, 5.41) is 7.45. The molecule has 1 aliphatic carbocycles. The monoisotopic (exact) mass is 322 g/mol. The lowest BCUT2D eigenvalue weighted by Crippen LogP contribution is -2.44. The SMILES string of the molecule is COc1ccccc1[C@H]1NC(=S)NC2=C1CCc1ccccc12. The fraction of sp³-hybridized carbons (Fsp3) is 0.211. The van der Waals surface area contributed by atoms with Gasteiger partial charge in [0.05, 0.1) is 13.2 Å². The van der Waals surface area contributed by atoms with Gasteiger partial charge < -0.3 is 15.4 Å². The second-order valence-corrected chi connectivity index (χ2v) is 6.24. The van der Waals surface area contributed by atoms with E-state index in [2.05, 4.69) is 41.0 Å². The Morgan fingerprint density at radius 1 is 1.04 bits per heavy atom. The van der Waals surface area contributed by atoms with Crippen molar-refractivity contribution in [2.75, 3.05) is 7.11 Å². The van der Waals surface area contributed by atoms with Gasteiger partial charge in [-0.3, -0.25) is 0 Å². The minimum atomic E-state index is 0.0586. The maximum Gasteiger partial charge on any atom is 0.171 e.